The minimum absolute atomic E-state index is 0.164. The van der Waals surface area contributed by atoms with Crippen LogP contribution in [0.5, 0.6) is 0 Å². The summed E-state index contributed by atoms with van der Waals surface area (Å²) in [7, 11) is -3.52. The molecule has 0 N–H and O–H groups in total. The Kier molecular flexibility index (Phi) is 6.89. The highest BCUT2D eigenvalue weighted by atomic mass is 35.5. The zero-order valence-corrected chi connectivity index (χ0v) is 19.3. The topological polar surface area (TPSA) is 66.9 Å². The highest BCUT2D eigenvalue weighted by molar-refractivity contribution is 7.89. The Morgan fingerprint density at radius 1 is 0.935 bits per heavy atom. The number of morpholine rings is 1. The van der Waals surface area contributed by atoms with E-state index in [0.29, 0.717) is 48.4 Å². The average molecular weight is 483 g/mol. The van der Waals surface area contributed by atoms with Crippen molar-refractivity contribution >= 4 is 39.1 Å². The zero-order chi connectivity index (χ0) is 22.0. The lowest BCUT2D eigenvalue weighted by atomic mass is 10.1. The number of rotatable bonds is 4. The molecule has 166 valence electrons. The van der Waals surface area contributed by atoms with Gasteiger partial charge in [0, 0.05) is 35.2 Å². The molecular weight excluding hydrogens is 459 g/mol. The van der Waals surface area contributed by atoms with Crippen molar-refractivity contribution in [3.8, 4) is 0 Å². The Hall–Kier alpha value is -1.64. The fourth-order valence-electron chi connectivity index (χ4n) is 4.00. The summed E-state index contributed by atoms with van der Waals surface area (Å²) in [6.07, 6.45) is 2.49. The second-order valence-electron chi connectivity index (χ2n) is 7.80. The molecule has 0 aliphatic carbocycles. The number of carbonyl (C=O) groups is 1. The third-order valence-corrected chi connectivity index (χ3v) is 8.01. The summed E-state index contributed by atoms with van der Waals surface area (Å²) < 4.78 is 33.0. The first-order chi connectivity index (χ1) is 14.8. The second-order valence-corrected chi connectivity index (χ2v) is 10.6. The van der Waals surface area contributed by atoms with Crippen LogP contribution < -0.4 is 0 Å². The zero-order valence-electron chi connectivity index (χ0n) is 17.0. The fraction of sp³-hybridized carbons (Fsp3) is 0.409. The first-order valence-corrected chi connectivity index (χ1v) is 12.5. The van der Waals surface area contributed by atoms with Gasteiger partial charge in [0.25, 0.3) is 5.91 Å². The Morgan fingerprint density at radius 2 is 1.58 bits per heavy atom. The molecular formula is C22H24Cl2N2O4S. The van der Waals surface area contributed by atoms with Gasteiger partial charge in [-0.25, -0.2) is 8.42 Å². The number of amides is 1. The third kappa shape index (κ3) is 5.07. The van der Waals surface area contributed by atoms with E-state index in [2.05, 4.69) is 0 Å². The van der Waals surface area contributed by atoms with Crippen LogP contribution in [0.15, 0.2) is 47.4 Å². The number of sulfonamides is 1. The van der Waals surface area contributed by atoms with Gasteiger partial charge in [-0.2, -0.15) is 4.31 Å². The summed E-state index contributed by atoms with van der Waals surface area (Å²) in [5.41, 5.74) is 1.26. The fourth-order valence-corrected chi connectivity index (χ4v) is 6.06. The smallest absolute Gasteiger partial charge is 0.254 e. The number of nitrogens with zero attached hydrogens (tertiary/aromatic N) is 2. The first kappa shape index (κ1) is 22.6. The van der Waals surface area contributed by atoms with Gasteiger partial charge in [-0.05, 0) is 60.9 Å². The Morgan fingerprint density at radius 3 is 2.23 bits per heavy atom. The highest BCUT2D eigenvalue weighted by Gasteiger charge is 2.28. The number of hydrogen-bond donors (Lipinski definition) is 0. The molecule has 1 atom stereocenters. The lowest BCUT2D eigenvalue weighted by Crippen LogP contribution is -2.42. The van der Waals surface area contributed by atoms with Crippen LogP contribution in [0.2, 0.25) is 10.0 Å². The molecule has 0 aromatic heterocycles. The van der Waals surface area contributed by atoms with E-state index >= 15 is 0 Å². The maximum atomic E-state index is 13.0. The van der Waals surface area contributed by atoms with Crippen molar-refractivity contribution in [2.75, 3.05) is 32.8 Å². The molecule has 2 aliphatic rings. The van der Waals surface area contributed by atoms with Gasteiger partial charge in [0.1, 0.15) is 6.10 Å². The Labute approximate surface area is 192 Å². The third-order valence-electron chi connectivity index (χ3n) is 5.66. The van der Waals surface area contributed by atoms with E-state index in [-0.39, 0.29) is 16.9 Å². The van der Waals surface area contributed by atoms with Crippen molar-refractivity contribution in [1.82, 2.24) is 9.21 Å². The van der Waals surface area contributed by atoms with Crippen LogP contribution in [0.4, 0.5) is 0 Å². The second kappa shape index (κ2) is 9.46. The summed E-state index contributed by atoms with van der Waals surface area (Å²) in [5, 5.41) is 1.03. The van der Waals surface area contributed by atoms with Gasteiger partial charge in [-0.3, -0.25) is 4.79 Å². The van der Waals surface area contributed by atoms with Crippen LogP contribution in [0.25, 0.3) is 0 Å². The maximum absolute atomic E-state index is 13.0. The van der Waals surface area contributed by atoms with Crippen LogP contribution in [0.1, 0.15) is 41.3 Å². The lowest BCUT2D eigenvalue weighted by molar-refractivity contribution is -0.0228. The van der Waals surface area contributed by atoms with E-state index in [9.17, 15) is 13.2 Å². The number of carbonyl (C=O) groups excluding carboxylic acids is 1. The minimum Gasteiger partial charge on any atom is -0.370 e. The SMILES string of the molecule is O=C(c1ccc(S(=O)(=O)N2CCCCC2)cc1)N1CCO[C@@H](c2cc(Cl)cc(Cl)c2)C1. The van der Waals surface area contributed by atoms with E-state index in [1.807, 2.05) is 0 Å². The number of ether oxygens (including phenoxy) is 1. The van der Waals surface area contributed by atoms with Crippen molar-refractivity contribution in [3.05, 3.63) is 63.6 Å². The lowest BCUT2D eigenvalue weighted by Gasteiger charge is -2.33. The molecule has 2 heterocycles. The average Bonchev–Trinajstić information content (AvgIpc) is 2.79. The van der Waals surface area contributed by atoms with Crippen molar-refractivity contribution in [3.63, 3.8) is 0 Å². The molecule has 0 saturated carbocycles. The number of halogens is 2. The van der Waals surface area contributed by atoms with Crippen molar-refractivity contribution < 1.29 is 17.9 Å². The van der Waals surface area contributed by atoms with Gasteiger partial charge in [0.05, 0.1) is 18.0 Å². The van der Waals surface area contributed by atoms with E-state index in [0.717, 1.165) is 24.8 Å². The molecule has 0 bridgehead atoms. The van der Waals surface area contributed by atoms with Gasteiger partial charge >= 0.3 is 0 Å². The van der Waals surface area contributed by atoms with Gasteiger partial charge < -0.3 is 9.64 Å². The maximum Gasteiger partial charge on any atom is 0.254 e. The van der Waals surface area contributed by atoms with Crippen LogP contribution in [0.3, 0.4) is 0 Å². The standard InChI is InChI=1S/C22H24Cl2N2O4S/c23-18-12-17(13-19(24)14-18)21-15-25(10-11-30-21)22(27)16-4-6-20(7-5-16)31(28,29)26-8-2-1-3-9-26/h4-7,12-14,21H,1-3,8-11,15H2/t21-/m1/s1. The van der Waals surface area contributed by atoms with E-state index in [4.69, 9.17) is 27.9 Å². The predicted molar refractivity (Wildman–Crippen MR) is 120 cm³/mol. The molecule has 4 rings (SSSR count). The summed E-state index contributed by atoms with van der Waals surface area (Å²) in [5.74, 6) is -0.164. The Bertz CT molecular complexity index is 1030. The number of benzene rings is 2. The van der Waals surface area contributed by atoms with Crippen molar-refractivity contribution in [2.45, 2.75) is 30.3 Å². The first-order valence-electron chi connectivity index (χ1n) is 10.3. The largest absolute Gasteiger partial charge is 0.370 e. The van der Waals surface area contributed by atoms with Crippen LogP contribution in [-0.4, -0.2) is 56.3 Å². The molecule has 2 aromatic carbocycles. The normalized spacial score (nSPS) is 20.6. The van der Waals surface area contributed by atoms with Gasteiger partial charge in [0.2, 0.25) is 10.0 Å². The summed E-state index contributed by atoms with van der Waals surface area (Å²) in [4.78, 5) is 15.0. The minimum atomic E-state index is -3.52. The van der Waals surface area contributed by atoms with Gasteiger partial charge in [-0.1, -0.05) is 29.6 Å². The summed E-state index contributed by atoms with van der Waals surface area (Å²) >= 11 is 12.2. The van der Waals surface area contributed by atoms with Crippen LogP contribution in [-0.2, 0) is 14.8 Å². The van der Waals surface area contributed by atoms with E-state index < -0.39 is 10.0 Å². The van der Waals surface area contributed by atoms with Crippen LogP contribution >= 0.6 is 23.2 Å². The molecule has 2 saturated heterocycles. The van der Waals surface area contributed by atoms with Gasteiger partial charge in [0.15, 0.2) is 0 Å². The molecule has 6 nitrogen and oxygen atoms in total. The molecule has 2 aliphatic heterocycles. The van der Waals surface area contributed by atoms with E-state index in [1.54, 1.807) is 35.2 Å². The molecule has 31 heavy (non-hydrogen) atoms. The molecule has 0 unspecified atom stereocenters. The number of hydrogen-bond acceptors (Lipinski definition) is 4. The molecule has 1 amide bonds. The molecule has 0 radical (unpaired) electrons. The monoisotopic (exact) mass is 482 g/mol. The van der Waals surface area contributed by atoms with Crippen molar-refractivity contribution in [1.29, 1.82) is 0 Å². The quantitative estimate of drug-likeness (QED) is 0.648. The van der Waals surface area contributed by atoms with Crippen LogP contribution in [0, 0.1) is 0 Å². The molecule has 2 fully saturated rings. The van der Waals surface area contributed by atoms with E-state index in [1.165, 1.54) is 16.4 Å². The summed E-state index contributed by atoms with van der Waals surface area (Å²) in [6, 6.07) is 11.4. The highest BCUT2D eigenvalue weighted by Crippen LogP contribution is 2.29. The molecule has 0 spiro atoms. The molecule has 2 aromatic rings. The Balaban J connectivity index is 1.47. The predicted octanol–water partition coefficient (Wildman–Crippen LogP) is 4.38. The molecule has 9 heteroatoms. The van der Waals surface area contributed by atoms with Gasteiger partial charge in [-0.15, -0.1) is 0 Å². The summed E-state index contributed by atoms with van der Waals surface area (Å²) in [6.45, 7) is 2.31. The number of piperidine rings is 1. The van der Waals surface area contributed by atoms with Crippen molar-refractivity contribution in [2.24, 2.45) is 0 Å².